The van der Waals surface area contributed by atoms with Gasteiger partial charge in [0.1, 0.15) is 11.6 Å². The fourth-order valence-electron chi connectivity index (χ4n) is 1.36. The molecule has 8 heteroatoms. The first-order chi connectivity index (χ1) is 8.90. The van der Waals surface area contributed by atoms with Gasteiger partial charge in [-0.15, -0.1) is 0 Å². The van der Waals surface area contributed by atoms with Crippen molar-refractivity contribution in [2.45, 2.75) is 6.42 Å². The molecule has 0 aliphatic heterocycles. The van der Waals surface area contributed by atoms with Crippen LogP contribution in [0.1, 0.15) is 6.42 Å². The minimum Gasteiger partial charge on any atom is -0.497 e. The van der Waals surface area contributed by atoms with Gasteiger partial charge in [0.15, 0.2) is 0 Å². The highest BCUT2D eigenvalue weighted by atomic mass is 32.2. The number of nitrogens with two attached hydrogens (primary N) is 1. The minimum absolute atomic E-state index is 0.154. The third kappa shape index (κ3) is 4.34. The number of nitrogens with zero attached hydrogens (tertiary/aromatic N) is 1. The number of rotatable bonds is 7. The highest BCUT2D eigenvalue weighted by Gasteiger charge is 2.19. The molecule has 0 bridgehead atoms. The van der Waals surface area contributed by atoms with Crippen LogP contribution in [0.2, 0.25) is 0 Å². The Morgan fingerprint density at radius 3 is 2.74 bits per heavy atom. The summed E-state index contributed by atoms with van der Waals surface area (Å²) in [4.78, 5) is 0. The van der Waals surface area contributed by atoms with Crippen LogP contribution in [0.25, 0.3) is 0 Å². The van der Waals surface area contributed by atoms with Crippen LogP contribution < -0.4 is 15.2 Å². The normalized spacial score (nSPS) is 11.6. The maximum Gasteiger partial charge on any atom is 0.301 e. The molecule has 0 fully saturated rings. The first-order valence-electron chi connectivity index (χ1n) is 5.68. The fraction of sp³-hybridized carbons (Fsp3) is 0.455. The molecule has 0 aromatic heterocycles. The van der Waals surface area contributed by atoms with Crippen LogP contribution in [0.4, 0.5) is 10.1 Å². The van der Waals surface area contributed by atoms with Gasteiger partial charge in [-0.2, -0.15) is 12.7 Å². The van der Waals surface area contributed by atoms with E-state index < -0.39 is 16.0 Å². The van der Waals surface area contributed by atoms with Crippen LogP contribution in [0.5, 0.6) is 5.75 Å². The van der Waals surface area contributed by atoms with E-state index in [1.807, 2.05) is 0 Å². The van der Waals surface area contributed by atoms with Crippen LogP contribution >= 0.6 is 0 Å². The first kappa shape index (κ1) is 15.7. The summed E-state index contributed by atoms with van der Waals surface area (Å²) in [6, 6.07) is 3.82. The SMILES string of the molecule is COc1ccc(F)c(NS(=O)(=O)N(C)CCCN)c1. The van der Waals surface area contributed by atoms with Gasteiger partial charge in [-0.05, 0) is 25.1 Å². The second-order valence-electron chi connectivity index (χ2n) is 3.92. The highest BCUT2D eigenvalue weighted by Crippen LogP contribution is 2.22. The molecule has 0 unspecified atom stereocenters. The molecule has 3 N–H and O–H groups in total. The molecule has 1 aromatic rings. The van der Waals surface area contributed by atoms with E-state index in [4.69, 9.17) is 10.5 Å². The fourth-order valence-corrected chi connectivity index (χ4v) is 2.32. The molecule has 0 amide bonds. The molecule has 0 spiro atoms. The summed E-state index contributed by atoms with van der Waals surface area (Å²) in [7, 11) is -0.986. The summed E-state index contributed by atoms with van der Waals surface area (Å²) in [6.07, 6.45) is 0.526. The summed E-state index contributed by atoms with van der Waals surface area (Å²) in [5.74, 6) is -0.305. The first-order valence-corrected chi connectivity index (χ1v) is 7.12. The summed E-state index contributed by atoms with van der Waals surface area (Å²) < 4.78 is 45.6. The van der Waals surface area contributed by atoms with Crippen LogP contribution in [-0.2, 0) is 10.2 Å². The van der Waals surface area contributed by atoms with Crippen molar-refractivity contribution in [3.8, 4) is 5.75 Å². The maximum atomic E-state index is 13.5. The van der Waals surface area contributed by atoms with Crippen molar-refractivity contribution in [2.75, 3.05) is 32.0 Å². The Morgan fingerprint density at radius 1 is 1.47 bits per heavy atom. The van der Waals surface area contributed by atoms with Crippen molar-refractivity contribution < 1.29 is 17.5 Å². The monoisotopic (exact) mass is 291 g/mol. The van der Waals surface area contributed by atoms with Gasteiger partial charge in [-0.25, -0.2) is 4.39 Å². The number of hydrogen-bond acceptors (Lipinski definition) is 4. The van der Waals surface area contributed by atoms with Crippen LogP contribution in [-0.4, -0.2) is 40.0 Å². The van der Waals surface area contributed by atoms with Gasteiger partial charge in [0, 0.05) is 19.7 Å². The lowest BCUT2D eigenvalue weighted by atomic mass is 10.3. The third-order valence-electron chi connectivity index (χ3n) is 2.50. The van der Waals surface area contributed by atoms with Gasteiger partial charge in [0.25, 0.3) is 0 Å². The lowest BCUT2D eigenvalue weighted by Crippen LogP contribution is -2.34. The van der Waals surface area contributed by atoms with E-state index >= 15 is 0 Å². The van der Waals surface area contributed by atoms with Gasteiger partial charge in [-0.3, -0.25) is 4.72 Å². The van der Waals surface area contributed by atoms with Crippen molar-refractivity contribution in [3.05, 3.63) is 24.0 Å². The summed E-state index contributed by atoms with van der Waals surface area (Å²) >= 11 is 0. The number of ether oxygens (including phenoxy) is 1. The average Bonchev–Trinajstić information content (AvgIpc) is 2.38. The van der Waals surface area contributed by atoms with Crippen molar-refractivity contribution in [1.29, 1.82) is 0 Å². The Kier molecular flexibility index (Phi) is 5.52. The number of methoxy groups -OCH3 is 1. The van der Waals surface area contributed by atoms with Crippen molar-refractivity contribution in [1.82, 2.24) is 4.31 Å². The lowest BCUT2D eigenvalue weighted by Gasteiger charge is -2.18. The van der Waals surface area contributed by atoms with Gasteiger partial charge in [0.05, 0.1) is 12.8 Å². The standard InChI is InChI=1S/C11H18FN3O3S/c1-15(7-3-6-13)19(16,17)14-11-8-9(18-2)4-5-10(11)12/h4-5,8,14H,3,6-7,13H2,1-2H3. The molecule has 1 rings (SSSR count). The van der Waals surface area contributed by atoms with Crippen LogP contribution in [0.15, 0.2) is 18.2 Å². The smallest absolute Gasteiger partial charge is 0.301 e. The predicted octanol–water partition coefficient (Wildman–Crippen LogP) is 0.772. The summed E-state index contributed by atoms with van der Waals surface area (Å²) in [5.41, 5.74) is 5.16. The topological polar surface area (TPSA) is 84.7 Å². The Labute approximate surface area is 112 Å². The Bertz CT molecular complexity index is 522. The van der Waals surface area contributed by atoms with E-state index in [9.17, 15) is 12.8 Å². The Morgan fingerprint density at radius 2 is 2.16 bits per heavy atom. The molecule has 0 heterocycles. The van der Waals surface area contributed by atoms with E-state index in [1.165, 1.54) is 26.3 Å². The zero-order valence-electron chi connectivity index (χ0n) is 10.9. The van der Waals surface area contributed by atoms with E-state index in [1.54, 1.807) is 0 Å². The molecular formula is C11H18FN3O3S. The molecule has 1 aromatic carbocycles. The van der Waals surface area contributed by atoms with E-state index in [0.29, 0.717) is 18.7 Å². The minimum atomic E-state index is -3.80. The number of anilines is 1. The molecule has 0 aliphatic carbocycles. The zero-order chi connectivity index (χ0) is 14.5. The molecular weight excluding hydrogens is 273 g/mol. The quantitative estimate of drug-likeness (QED) is 0.777. The zero-order valence-corrected chi connectivity index (χ0v) is 11.7. The Hall–Kier alpha value is -1.38. The molecule has 19 heavy (non-hydrogen) atoms. The maximum absolute atomic E-state index is 13.5. The second kappa shape index (κ2) is 6.69. The van der Waals surface area contributed by atoms with Gasteiger partial charge in [0.2, 0.25) is 0 Å². The second-order valence-corrected chi connectivity index (χ2v) is 5.69. The molecule has 0 saturated carbocycles. The van der Waals surface area contributed by atoms with E-state index in [-0.39, 0.29) is 12.2 Å². The molecule has 0 atom stereocenters. The lowest BCUT2D eigenvalue weighted by molar-refractivity contribution is 0.414. The molecule has 0 radical (unpaired) electrons. The summed E-state index contributed by atoms with van der Waals surface area (Å²) in [5, 5.41) is 0. The van der Waals surface area contributed by atoms with Crippen molar-refractivity contribution in [3.63, 3.8) is 0 Å². The molecule has 6 nitrogen and oxygen atoms in total. The van der Waals surface area contributed by atoms with Crippen LogP contribution in [0.3, 0.4) is 0 Å². The average molecular weight is 291 g/mol. The van der Waals surface area contributed by atoms with Gasteiger partial charge < -0.3 is 10.5 Å². The summed E-state index contributed by atoms with van der Waals surface area (Å²) in [6.45, 7) is 0.644. The highest BCUT2D eigenvalue weighted by molar-refractivity contribution is 7.90. The third-order valence-corrected chi connectivity index (χ3v) is 3.98. The number of nitrogens with one attached hydrogen (secondary N) is 1. The van der Waals surface area contributed by atoms with E-state index in [0.717, 1.165) is 10.4 Å². The largest absolute Gasteiger partial charge is 0.497 e. The molecule has 0 saturated heterocycles. The number of benzene rings is 1. The molecule has 0 aliphatic rings. The number of hydrogen-bond donors (Lipinski definition) is 2. The van der Waals surface area contributed by atoms with Crippen molar-refractivity contribution in [2.24, 2.45) is 5.73 Å². The van der Waals surface area contributed by atoms with Gasteiger partial charge in [-0.1, -0.05) is 0 Å². The van der Waals surface area contributed by atoms with Gasteiger partial charge >= 0.3 is 10.2 Å². The van der Waals surface area contributed by atoms with Crippen LogP contribution in [0, 0.1) is 5.82 Å². The Balaban J connectivity index is 2.88. The predicted molar refractivity (Wildman–Crippen MR) is 71.8 cm³/mol. The van der Waals surface area contributed by atoms with Crippen molar-refractivity contribution >= 4 is 15.9 Å². The molecule has 108 valence electrons. The number of halogens is 1. The van der Waals surface area contributed by atoms with E-state index in [2.05, 4.69) is 4.72 Å².